The van der Waals surface area contributed by atoms with Gasteiger partial charge in [-0.05, 0) is 24.6 Å². The van der Waals surface area contributed by atoms with E-state index in [-0.39, 0.29) is 24.5 Å². The molecule has 25 heavy (non-hydrogen) atoms. The minimum Gasteiger partial charge on any atom is -0.396 e. The number of hydrogen-bond donors (Lipinski definition) is 3. The minimum absolute atomic E-state index is 0.0429. The second-order valence-corrected chi connectivity index (χ2v) is 6.45. The molecule has 2 heterocycles. The van der Waals surface area contributed by atoms with Gasteiger partial charge in [0.2, 0.25) is 0 Å². The summed E-state index contributed by atoms with van der Waals surface area (Å²) >= 11 is 0. The van der Waals surface area contributed by atoms with Gasteiger partial charge in [-0.15, -0.1) is 0 Å². The van der Waals surface area contributed by atoms with Crippen molar-refractivity contribution in [3.63, 3.8) is 0 Å². The molecule has 1 fully saturated rings. The molecule has 1 amide bonds. The second kappa shape index (κ2) is 7.97. The molecule has 2 unspecified atom stereocenters. The van der Waals surface area contributed by atoms with Gasteiger partial charge in [0.1, 0.15) is 11.8 Å². The van der Waals surface area contributed by atoms with Crippen molar-refractivity contribution in [3.05, 3.63) is 59.4 Å². The molecule has 1 aromatic heterocycles. The van der Waals surface area contributed by atoms with Crippen LogP contribution < -0.4 is 5.32 Å². The van der Waals surface area contributed by atoms with Crippen molar-refractivity contribution in [1.82, 2.24) is 15.2 Å². The van der Waals surface area contributed by atoms with E-state index in [0.29, 0.717) is 17.8 Å². The van der Waals surface area contributed by atoms with Gasteiger partial charge in [-0.1, -0.05) is 30.3 Å². The molecule has 6 heteroatoms. The zero-order valence-corrected chi connectivity index (χ0v) is 14.0. The van der Waals surface area contributed by atoms with Crippen LogP contribution in [0.2, 0.25) is 0 Å². The molecule has 2 aromatic rings. The molecule has 2 atom stereocenters. The molecule has 0 spiro atoms. The van der Waals surface area contributed by atoms with Gasteiger partial charge in [-0.3, -0.25) is 9.69 Å². The van der Waals surface area contributed by atoms with E-state index in [1.165, 1.54) is 17.8 Å². The number of benzene rings is 1. The first-order chi connectivity index (χ1) is 12.2. The van der Waals surface area contributed by atoms with Crippen LogP contribution in [0.1, 0.15) is 28.0 Å². The Bertz CT molecular complexity index is 750. The standard InChI is InChI=1S/C19H22N4O2/c20-9-15-8-17(21-10-15)19(25)22-18-12-23(7-6-16(18)13-24)11-14-4-2-1-3-5-14/h1-5,8,10,16,18,21,24H,6-7,11-13H2,(H,22,25). The van der Waals surface area contributed by atoms with Gasteiger partial charge in [0.05, 0.1) is 5.56 Å². The smallest absolute Gasteiger partial charge is 0.268 e. The summed E-state index contributed by atoms with van der Waals surface area (Å²) in [6.45, 7) is 2.47. The van der Waals surface area contributed by atoms with Gasteiger partial charge in [0.25, 0.3) is 5.91 Å². The molecule has 0 saturated carbocycles. The number of nitrogens with one attached hydrogen (secondary N) is 2. The zero-order valence-electron chi connectivity index (χ0n) is 14.0. The Hall–Kier alpha value is -2.62. The summed E-state index contributed by atoms with van der Waals surface area (Å²) in [7, 11) is 0. The van der Waals surface area contributed by atoms with Gasteiger partial charge in [0, 0.05) is 37.9 Å². The molecular weight excluding hydrogens is 316 g/mol. The minimum atomic E-state index is -0.244. The SMILES string of the molecule is N#Cc1c[nH]c(C(=O)NC2CN(Cc3ccccc3)CCC2CO)c1. The fraction of sp³-hybridized carbons (Fsp3) is 0.368. The van der Waals surface area contributed by atoms with E-state index in [1.807, 2.05) is 24.3 Å². The third-order valence-corrected chi connectivity index (χ3v) is 4.70. The van der Waals surface area contributed by atoms with E-state index in [0.717, 1.165) is 19.5 Å². The predicted molar refractivity (Wildman–Crippen MR) is 93.7 cm³/mol. The number of aromatic amines is 1. The van der Waals surface area contributed by atoms with Crippen LogP contribution in [0.25, 0.3) is 0 Å². The Balaban J connectivity index is 1.64. The molecule has 1 aliphatic rings. The first kappa shape index (κ1) is 17.2. The van der Waals surface area contributed by atoms with Crippen molar-refractivity contribution >= 4 is 5.91 Å². The molecule has 0 aliphatic carbocycles. The topological polar surface area (TPSA) is 92.1 Å². The Morgan fingerprint density at radius 1 is 1.40 bits per heavy atom. The van der Waals surface area contributed by atoms with Gasteiger partial charge in [-0.2, -0.15) is 5.26 Å². The zero-order chi connectivity index (χ0) is 17.6. The van der Waals surface area contributed by atoms with Crippen LogP contribution >= 0.6 is 0 Å². The number of nitrogens with zero attached hydrogens (tertiary/aromatic N) is 2. The highest BCUT2D eigenvalue weighted by atomic mass is 16.3. The lowest BCUT2D eigenvalue weighted by atomic mass is 9.91. The number of carbonyl (C=O) groups excluding carboxylic acids is 1. The van der Waals surface area contributed by atoms with Crippen LogP contribution in [0.3, 0.4) is 0 Å². The number of nitriles is 1. The fourth-order valence-corrected chi connectivity index (χ4v) is 3.27. The van der Waals surface area contributed by atoms with E-state index < -0.39 is 0 Å². The monoisotopic (exact) mass is 338 g/mol. The number of amides is 1. The van der Waals surface area contributed by atoms with Gasteiger partial charge < -0.3 is 15.4 Å². The Morgan fingerprint density at radius 2 is 2.20 bits per heavy atom. The first-order valence-electron chi connectivity index (χ1n) is 8.46. The molecule has 3 N–H and O–H groups in total. The molecule has 6 nitrogen and oxygen atoms in total. The number of aliphatic hydroxyl groups is 1. The average molecular weight is 338 g/mol. The van der Waals surface area contributed by atoms with Crippen molar-refractivity contribution in [1.29, 1.82) is 5.26 Å². The maximum Gasteiger partial charge on any atom is 0.268 e. The highest BCUT2D eigenvalue weighted by Gasteiger charge is 2.30. The van der Waals surface area contributed by atoms with Crippen LogP contribution in [0.15, 0.2) is 42.6 Å². The van der Waals surface area contributed by atoms with E-state index in [4.69, 9.17) is 5.26 Å². The van der Waals surface area contributed by atoms with E-state index in [2.05, 4.69) is 27.3 Å². The molecule has 1 saturated heterocycles. The number of rotatable bonds is 5. The first-order valence-corrected chi connectivity index (χ1v) is 8.46. The normalized spacial score (nSPS) is 20.8. The Labute approximate surface area is 147 Å². The average Bonchev–Trinajstić information content (AvgIpc) is 3.12. The van der Waals surface area contributed by atoms with Crippen molar-refractivity contribution < 1.29 is 9.90 Å². The van der Waals surface area contributed by atoms with E-state index in [1.54, 1.807) is 0 Å². The lowest BCUT2D eigenvalue weighted by molar-refractivity contribution is 0.0727. The highest BCUT2D eigenvalue weighted by molar-refractivity contribution is 5.93. The molecule has 1 aliphatic heterocycles. The number of carbonyl (C=O) groups is 1. The summed E-state index contributed by atoms with van der Waals surface area (Å²) in [5, 5.41) is 21.5. The molecule has 1 aromatic carbocycles. The summed E-state index contributed by atoms with van der Waals surface area (Å²) in [5.74, 6) is -0.201. The summed E-state index contributed by atoms with van der Waals surface area (Å²) in [5.41, 5.74) is 2.03. The van der Waals surface area contributed by atoms with Gasteiger partial charge in [0.15, 0.2) is 0 Å². The third kappa shape index (κ3) is 4.27. The maximum atomic E-state index is 12.4. The molecule has 130 valence electrons. The molecular formula is C19H22N4O2. The predicted octanol–water partition coefficient (Wildman–Crippen LogP) is 1.50. The fourth-order valence-electron chi connectivity index (χ4n) is 3.27. The lowest BCUT2D eigenvalue weighted by Gasteiger charge is -2.38. The Kier molecular flexibility index (Phi) is 5.49. The van der Waals surface area contributed by atoms with Crippen LogP contribution in [0.4, 0.5) is 0 Å². The van der Waals surface area contributed by atoms with Crippen molar-refractivity contribution in [2.45, 2.75) is 19.0 Å². The maximum absolute atomic E-state index is 12.4. The van der Waals surface area contributed by atoms with E-state index >= 15 is 0 Å². The third-order valence-electron chi connectivity index (χ3n) is 4.70. The van der Waals surface area contributed by atoms with E-state index in [9.17, 15) is 9.90 Å². The largest absolute Gasteiger partial charge is 0.396 e. The van der Waals surface area contributed by atoms with Crippen LogP contribution in [-0.2, 0) is 6.54 Å². The molecule has 0 radical (unpaired) electrons. The Morgan fingerprint density at radius 3 is 2.88 bits per heavy atom. The van der Waals surface area contributed by atoms with Crippen LogP contribution in [0, 0.1) is 17.2 Å². The number of aliphatic hydroxyl groups excluding tert-OH is 1. The number of likely N-dealkylation sites (tertiary alicyclic amines) is 1. The molecule has 3 rings (SSSR count). The quantitative estimate of drug-likeness (QED) is 0.770. The summed E-state index contributed by atoms with van der Waals surface area (Å²) in [6.07, 6.45) is 2.35. The number of piperidine rings is 1. The highest BCUT2D eigenvalue weighted by Crippen LogP contribution is 2.20. The number of hydrogen-bond acceptors (Lipinski definition) is 4. The van der Waals surface area contributed by atoms with Crippen molar-refractivity contribution in [3.8, 4) is 6.07 Å². The van der Waals surface area contributed by atoms with Crippen LogP contribution in [-0.4, -0.2) is 46.6 Å². The summed E-state index contributed by atoms with van der Waals surface area (Å²) < 4.78 is 0. The van der Waals surface area contributed by atoms with Gasteiger partial charge >= 0.3 is 0 Å². The van der Waals surface area contributed by atoms with Gasteiger partial charge in [-0.25, -0.2) is 0 Å². The van der Waals surface area contributed by atoms with Crippen molar-refractivity contribution in [2.75, 3.05) is 19.7 Å². The number of aromatic nitrogens is 1. The van der Waals surface area contributed by atoms with Crippen molar-refractivity contribution in [2.24, 2.45) is 5.92 Å². The summed E-state index contributed by atoms with van der Waals surface area (Å²) in [6, 6.07) is 13.6. The second-order valence-electron chi connectivity index (χ2n) is 6.45. The lowest BCUT2D eigenvalue weighted by Crippen LogP contribution is -2.53. The number of H-pyrrole nitrogens is 1. The summed E-state index contributed by atoms with van der Waals surface area (Å²) in [4.78, 5) is 17.5. The van der Waals surface area contributed by atoms with Crippen LogP contribution in [0.5, 0.6) is 0 Å². The molecule has 0 bridgehead atoms.